The van der Waals surface area contributed by atoms with Crippen molar-refractivity contribution in [3.8, 4) is 0 Å². The maximum Gasteiger partial charge on any atom is 0.266 e. The minimum atomic E-state index is -4.26. The largest absolute Gasteiger partial charge is 0.368 e. The Hall–Kier alpha value is -2.89. The van der Waals surface area contributed by atoms with Crippen molar-refractivity contribution in [2.45, 2.75) is 17.4 Å². The molecule has 3 aromatic rings. The van der Waals surface area contributed by atoms with Crippen LogP contribution in [0.2, 0.25) is 5.02 Å². The van der Waals surface area contributed by atoms with E-state index in [0.29, 0.717) is 17.9 Å². The fraction of sp³-hybridized carbons (Fsp3) is 0.286. The molecule has 1 saturated heterocycles. The molecule has 1 aliphatic rings. The van der Waals surface area contributed by atoms with Gasteiger partial charge in [0.2, 0.25) is 0 Å². The molecule has 12 heteroatoms. The van der Waals surface area contributed by atoms with Gasteiger partial charge in [-0.25, -0.2) is 17.2 Å². The molecule has 2 heterocycles. The third-order valence-corrected chi connectivity index (χ3v) is 7.11. The molecule has 3 N–H and O–H groups in total. The van der Waals surface area contributed by atoms with Gasteiger partial charge < -0.3 is 15.5 Å². The zero-order chi connectivity index (χ0) is 23.8. The first-order chi connectivity index (χ1) is 15.7. The summed E-state index contributed by atoms with van der Waals surface area (Å²) in [4.78, 5) is 1.41. The second-order valence-electron chi connectivity index (χ2n) is 7.75. The summed E-state index contributed by atoms with van der Waals surface area (Å²) in [6, 6.07) is 7.98. The molecule has 1 unspecified atom stereocenters. The number of nitrogens with one attached hydrogen (secondary N) is 3. The number of rotatable bonds is 7. The van der Waals surface area contributed by atoms with Crippen LogP contribution in [0.3, 0.4) is 0 Å². The molecule has 176 valence electrons. The number of halogens is 3. The number of likely N-dealkylation sites (N-methyl/N-ethyl adjacent to an activating group) is 1. The van der Waals surface area contributed by atoms with Gasteiger partial charge in [-0.2, -0.15) is 5.10 Å². The van der Waals surface area contributed by atoms with E-state index in [1.165, 1.54) is 22.9 Å². The summed E-state index contributed by atoms with van der Waals surface area (Å²) in [6.45, 7) is 1.41. The van der Waals surface area contributed by atoms with Gasteiger partial charge in [0.25, 0.3) is 10.0 Å². The SMILES string of the molecule is CNC1CCN(c2cc(F)ccc2Nc2cc(F)c(S(=O)(=O)Nc3ccn(C)n3)cc2Cl)C1. The Bertz CT molecular complexity index is 1280. The van der Waals surface area contributed by atoms with Crippen LogP contribution in [0.5, 0.6) is 0 Å². The lowest BCUT2D eigenvalue weighted by atomic mass is 10.2. The Morgan fingerprint density at radius 3 is 2.61 bits per heavy atom. The topological polar surface area (TPSA) is 91.3 Å². The minimum Gasteiger partial charge on any atom is -0.368 e. The first kappa shape index (κ1) is 23.3. The van der Waals surface area contributed by atoms with Gasteiger partial charge >= 0.3 is 0 Å². The predicted octanol–water partition coefficient (Wildman–Crippen LogP) is 3.69. The molecule has 0 bridgehead atoms. The molecule has 1 fully saturated rings. The number of benzene rings is 2. The summed E-state index contributed by atoms with van der Waals surface area (Å²) in [5, 5.41) is 10.1. The Morgan fingerprint density at radius 2 is 1.94 bits per heavy atom. The lowest BCUT2D eigenvalue weighted by Gasteiger charge is -2.23. The Kier molecular flexibility index (Phi) is 6.46. The molecule has 4 rings (SSSR count). The summed E-state index contributed by atoms with van der Waals surface area (Å²) >= 11 is 6.31. The maximum absolute atomic E-state index is 14.9. The van der Waals surface area contributed by atoms with Gasteiger partial charge in [-0.05, 0) is 37.7 Å². The van der Waals surface area contributed by atoms with E-state index >= 15 is 0 Å². The van der Waals surface area contributed by atoms with E-state index in [1.54, 1.807) is 19.3 Å². The molecule has 1 aromatic heterocycles. The van der Waals surface area contributed by atoms with E-state index in [-0.39, 0.29) is 22.6 Å². The summed E-state index contributed by atoms with van der Waals surface area (Å²) in [6.07, 6.45) is 2.45. The zero-order valence-corrected chi connectivity index (χ0v) is 19.5. The fourth-order valence-corrected chi connectivity index (χ4v) is 5.08. The maximum atomic E-state index is 14.9. The van der Waals surface area contributed by atoms with Crippen molar-refractivity contribution in [3.63, 3.8) is 0 Å². The Balaban J connectivity index is 1.62. The standard InChI is InChI=1S/C21H23ClF2N6O2S/c1-25-14-5-8-30(12-14)19-9-13(23)3-4-17(19)26-18-11-16(24)20(10-15(18)22)33(31,32)28-21-6-7-29(2)27-21/h3-4,6-7,9-11,14,25-26H,5,8,12H2,1-2H3,(H,27,28). The van der Waals surface area contributed by atoms with Gasteiger partial charge in [0.1, 0.15) is 16.5 Å². The van der Waals surface area contributed by atoms with Crippen LogP contribution in [0.4, 0.5) is 31.7 Å². The van der Waals surface area contributed by atoms with E-state index in [2.05, 4.69) is 20.5 Å². The van der Waals surface area contributed by atoms with Crippen LogP contribution in [0, 0.1) is 11.6 Å². The Labute approximate surface area is 195 Å². The summed E-state index contributed by atoms with van der Waals surface area (Å²) < 4.78 is 57.8. The van der Waals surface area contributed by atoms with E-state index < -0.39 is 26.6 Å². The molecule has 0 aliphatic carbocycles. The minimum absolute atomic E-state index is 0.0115. The zero-order valence-electron chi connectivity index (χ0n) is 17.9. The molecule has 0 saturated carbocycles. The van der Waals surface area contributed by atoms with Crippen molar-refractivity contribution in [1.29, 1.82) is 0 Å². The summed E-state index contributed by atoms with van der Waals surface area (Å²) in [5.41, 5.74) is 1.29. The van der Waals surface area contributed by atoms with Gasteiger partial charge in [-0.3, -0.25) is 9.40 Å². The number of aromatic nitrogens is 2. The number of hydrogen-bond donors (Lipinski definition) is 3. The highest BCUT2D eigenvalue weighted by Crippen LogP contribution is 2.36. The van der Waals surface area contributed by atoms with Gasteiger partial charge in [0.05, 0.1) is 22.1 Å². The average Bonchev–Trinajstić information content (AvgIpc) is 3.40. The average molecular weight is 497 g/mol. The van der Waals surface area contributed by atoms with Crippen molar-refractivity contribution in [2.75, 3.05) is 35.1 Å². The molecule has 1 atom stereocenters. The van der Waals surface area contributed by atoms with Crippen molar-refractivity contribution in [2.24, 2.45) is 7.05 Å². The predicted molar refractivity (Wildman–Crippen MR) is 125 cm³/mol. The molecule has 0 spiro atoms. The smallest absolute Gasteiger partial charge is 0.266 e. The van der Waals surface area contributed by atoms with Crippen LogP contribution in [-0.4, -0.2) is 44.4 Å². The van der Waals surface area contributed by atoms with Gasteiger partial charge in [0.15, 0.2) is 5.82 Å². The normalized spacial score (nSPS) is 16.3. The molecule has 1 aliphatic heterocycles. The number of anilines is 4. The van der Waals surface area contributed by atoms with Gasteiger partial charge in [0, 0.05) is 44.5 Å². The third-order valence-electron chi connectivity index (χ3n) is 5.43. The first-order valence-corrected chi connectivity index (χ1v) is 12.0. The third kappa shape index (κ3) is 5.05. The van der Waals surface area contributed by atoms with Crippen molar-refractivity contribution < 1.29 is 17.2 Å². The number of aryl methyl sites for hydroxylation is 1. The monoisotopic (exact) mass is 496 g/mol. The van der Waals surface area contributed by atoms with Crippen LogP contribution < -0.4 is 20.3 Å². The molecular formula is C21H23ClF2N6O2S. The van der Waals surface area contributed by atoms with E-state index in [4.69, 9.17) is 11.6 Å². The lowest BCUT2D eigenvalue weighted by Crippen LogP contribution is -2.29. The summed E-state index contributed by atoms with van der Waals surface area (Å²) in [5.74, 6) is -1.34. The summed E-state index contributed by atoms with van der Waals surface area (Å²) in [7, 11) is -0.756. The molecule has 33 heavy (non-hydrogen) atoms. The van der Waals surface area contributed by atoms with Crippen LogP contribution in [0.15, 0.2) is 47.5 Å². The Morgan fingerprint density at radius 1 is 1.15 bits per heavy atom. The second kappa shape index (κ2) is 9.16. The molecule has 2 aromatic carbocycles. The first-order valence-electron chi connectivity index (χ1n) is 10.2. The van der Waals surface area contributed by atoms with Gasteiger partial charge in [-0.1, -0.05) is 11.6 Å². The second-order valence-corrected chi connectivity index (χ2v) is 9.81. The quantitative estimate of drug-likeness (QED) is 0.462. The van der Waals surface area contributed by atoms with Crippen LogP contribution >= 0.6 is 11.6 Å². The molecular weight excluding hydrogens is 474 g/mol. The van der Waals surface area contributed by atoms with Crippen molar-refractivity contribution in [3.05, 3.63) is 59.3 Å². The number of hydrogen-bond acceptors (Lipinski definition) is 6. The van der Waals surface area contributed by atoms with Crippen LogP contribution in [-0.2, 0) is 17.1 Å². The highest BCUT2D eigenvalue weighted by atomic mass is 35.5. The fourth-order valence-electron chi connectivity index (χ4n) is 3.72. The highest BCUT2D eigenvalue weighted by Gasteiger charge is 2.25. The molecule has 0 radical (unpaired) electrons. The van der Waals surface area contributed by atoms with E-state index in [9.17, 15) is 17.2 Å². The molecule has 8 nitrogen and oxygen atoms in total. The van der Waals surface area contributed by atoms with Crippen molar-refractivity contribution >= 4 is 44.5 Å². The van der Waals surface area contributed by atoms with Crippen LogP contribution in [0.1, 0.15) is 6.42 Å². The van der Waals surface area contributed by atoms with Crippen LogP contribution in [0.25, 0.3) is 0 Å². The molecule has 0 amide bonds. The number of sulfonamides is 1. The lowest BCUT2D eigenvalue weighted by molar-refractivity contribution is 0.570. The number of nitrogens with zero attached hydrogens (tertiary/aromatic N) is 3. The van der Waals surface area contributed by atoms with E-state index in [0.717, 1.165) is 25.1 Å². The highest BCUT2D eigenvalue weighted by molar-refractivity contribution is 7.92. The van der Waals surface area contributed by atoms with Crippen molar-refractivity contribution in [1.82, 2.24) is 15.1 Å². The van der Waals surface area contributed by atoms with Gasteiger partial charge in [-0.15, -0.1) is 0 Å². The van der Waals surface area contributed by atoms with E-state index in [1.807, 2.05) is 11.9 Å².